The fourth-order valence-electron chi connectivity index (χ4n) is 3.90. The summed E-state index contributed by atoms with van der Waals surface area (Å²) in [4.78, 5) is 27.7. The van der Waals surface area contributed by atoms with Crippen LogP contribution in [0.1, 0.15) is 28.8 Å². The third-order valence-electron chi connectivity index (χ3n) is 5.58. The summed E-state index contributed by atoms with van der Waals surface area (Å²) in [5.74, 6) is 0.524. The van der Waals surface area contributed by atoms with Gasteiger partial charge in [0.25, 0.3) is 5.91 Å². The Balaban J connectivity index is 1.53. The number of amides is 3. The van der Waals surface area contributed by atoms with Crippen molar-refractivity contribution in [1.29, 1.82) is 0 Å². The molecular formula is C26H28N4O3. The highest BCUT2D eigenvalue weighted by Crippen LogP contribution is 2.32. The molecule has 1 aliphatic heterocycles. The predicted molar refractivity (Wildman–Crippen MR) is 133 cm³/mol. The molecule has 0 unspecified atom stereocenters. The number of carbonyl (C=O) groups is 2. The first-order valence-corrected chi connectivity index (χ1v) is 11.0. The third kappa shape index (κ3) is 5.63. The van der Waals surface area contributed by atoms with Gasteiger partial charge in [0.05, 0.1) is 18.5 Å². The number of aryl methyl sites for hydroxylation is 1. The standard InChI is InChI=1S/C26H28N4O3/c1-18-6-5-7-19(16-18)25(31)27-21-10-13-24(30-14-3-4-15-30)23(17-21)29-26(32)28-20-8-11-22(33-2)12-9-20/h5-13,16-17H,3-4,14-15H2,1-2H3,(H,27,31)(H2,28,29,32). The molecule has 0 bridgehead atoms. The first-order valence-electron chi connectivity index (χ1n) is 11.0. The quantitative estimate of drug-likeness (QED) is 0.469. The van der Waals surface area contributed by atoms with Gasteiger partial charge in [-0.05, 0) is 74.4 Å². The van der Waals surface area contributed by atoms with Gasteiger partial charge in [-0.1, -0.05) is 17.7 Å². The molecule has 3 amide bonds. The third-order valence-corrected chi connectivity index (χ3v) is 5.58. The van der Waals surface area contributed by atoms with Gasteiger partial charge in [0.15, 0.2) is 0 Å². The lowest BCUT2D eigenvalue weighted by Gasteiger charge is -2.22. The van der Waals surface area contributed by atoms with E-state index in [0.29, 0.717) is 28.4 Å². The minimum Gasteiger partial charge on any atom is -0.497 e. The summed E-state index contributed by atoms with van der Waals surface area (Å²) in [6, 6.07) is 19.8. The van der Waals surface area contributed by atoms with Crippen molar-refractivity contribution in [3.8, 4) is 5.75 Å². The summed E-state index contributed by atoms with van der Waals surface area (Å²) < 4.78 is 5.16. The predicted octanol–water partition coefficient (Wildman–Crippen LogP) is 5.50. The number of anilines is 4. The van der Waals surface area contributed by atoms with Crippen molar-refractivity contribution in [1.82, 2.24) is 0 Å². The number of nitrogens with one attached hydrogen (secondary N) is 3. The number of hydrogen-bond donors (Lipinski definition) is 3. The summed E-state index contributed by atoms with van der Waals surface area (Å²) in [5, 5.41) is 8.73. The maximum absolute atomic E-state index is 12.7. The van der Waals surface area contributed by atoms with E-state index in [1.54, 1.807) is 43.5 Å². The summed E-state index contributed by atoms with van der Waals surface area (Å²) >= 11 is 0. The smallest absolute Gasteiger partial charge is 0.323 e. The Morgan fingerprint density at radius 1 is 0.848 bits per heavy atom. The van der Waals surface area contributed by atoms with Crippen LogP contribution in [0.2, 0.25) is 0 Å². The molecule has 3 N–H and O–H groups in total. The highest BCUT2D eigenvalue weighted by Gasteiger charge is 2.18. The number of ether oxygens (including phenoxy) is 1. The van der Waals surface area contributed by atoms with E-state index in [0.717, 1.165) is 37.2 Å². The Morgan fingerprint density at radius 3 is 2.27 bits per heavy atom. The number of methoxy groups -OCH3 is 1. The van der Waals surface area contributed by atoms with Crippen LogP contribution in [0.15, 0.2) is 66.7 Å². The van der Waals surface area contributed by atoms with E-state index < -0.39 is 0 Å². The molecule has 7 heteroatoms. The van der Waals surface area contributed by atoms with Gasteiger partial charge >= 0.3 is 6.03 Å². The van der Waals surface area contributed by atoms with Gasteiger partial charge in [-0.2, -0.15) is 0 Å². The molecule has 1 aliphatic rings. The lowest BCUT2D eigenvalue weighted by molar-refractivity contribution is 0.102. The van der Waals surface area contributed by atoms with Gasteiger partial charge in [0.2, 0.25) is 0 Å². The van der Waals surface area contributed by atoms with E-state index >= 15 is 0 Å². The molecule has 3 aromatic carbocycles. The summed E-state index contributed by atoms with van der Waals surface area (Å²) in [6.45, 7) is 3.82. The van der Waals surface area contributed by atoms with Crippen LogP contribution < -0.4 is 25.6 Å². The maximum atomic E-state index is 12.7. The molecule has 0 saturated carbocycles. The Morgan fingerprint density at radius 2 is 1.58 bits per heavy atom. The Hall–Kier alpha value is -4.00. The van der Waals surface area contributed by atoms with Crippen LogP contribution in [0, 0.1) is 6.92 Å². The number of nitrogens with zero attached hydrogens (tertiary/aromatic N) is 1. The van der Waals surface area contributed by atoms with E-state index in [-0.39, 0.29) is 11.9 Å². The van der Waals surface area contributed by atoms with Gasteiger partial charge in [0, 0.05) is 30.0 Å². The molecule has 1 heterocycles. The number of hydrogen-bond acceptors (Lipinski definition) is 4. The van der Waals surface area contributed by atoms with Crippen LogP contribution in [0.4, 0.5) is 27.5 Å². The van der Waals surface area contributed by atoms with Crippen molar-refractivity contribution in [3.05, 3.63) is 77.9 Å². The zero-order valence-electron chi connectivity index (χ0n) is 18.9. The molecule has 1 saturated heterocycles. The van der Waals surface area contributed by atoms with Crippen molar-refractivity contribution in [2.24, 2.45) is 0 Å². The van der Waals surface area contributed by atoms with Crippen LogP contribution in [0.3, 0.4) is 0 Å². The number of rotatable bonds is 6. The number of benzene rings is 3. The molecule has 3 aromatic rings. The molecule has 0 spiro atoms. The lowest BCUT2D eigenvalue weighted by atomic mass is 10.1. The topological polar surface area (TPSA) is 82.7 Å². The van der Waals surface area contributed by atoms with Gasteiger partial charge in [-0.3, -0.25) is 4.79 Å². The van der Waals surface area contributed by atoms with E-state index in [2.05, 4.69) is 20.9 Å². The van der Waals surface area contributed by atoms with E-state index in [1.807, 2.05) is 37.3 Å². The van der Waals surface area contributed by atoms with Crippen molar-refractivity contribution < 1.29 is 14.3 Å². The van der Waals surface area contributed by atoms with E-state index in [1.165, 1.54) is 0 Å². The van der Waals surface area contributed by atoms with Crippen LogP contribution in [-0.4, -0.2) is 32.1 Å². The van der Waals surface area contributed by atoms with Crippen molar-refractivity contribution in [3.63, 3.8) is 0 Å². The molecule has 0 aliphatic carbocycles. The molecule has 4 rings (SSSR count). The molecule has 0 aromatic heterocycles. The molecule has 1 fully saturated rings. The largest absolute Gasteiger partial charge is 0.497 e. The van der Waals surface area contributed by atoms with Crippen molar-refractivity contribution in [2.75, 3.05) is 41.0 Å². The lowest BCUT2D eigenvalue weighted by Crippen LogP contribution is -2.24. The molecule has 7 nitrogen and oxygen atoms in total. The highest BCUT2D eigenvalue weighted by atomic mass is 16.5. The monoisotopic (exact) mass is 444 g/mol. The fourth-order valence-corrected chi connectivity index (χ4v) is 3.90. The zero-order chi connectivity index (χ0) is 23.2. The van der Waals surface area contributed by atoms with Gasteiger partial charge in [0.1, 0.15) is 5.75 Å². The SMILES string of the molecule is COc1ccc(NC(=O)Nc2cc(NC(=O)c3cccc(C)c3)ccc2N2CCCC2)cc1. The number of carbonyl (C=O) groups excluding carboxylic acids is 2. The summed E-state index contributed by atoms with van der Waals surface area (Å²) in [6.07, 6.45) is 2.23. The minimum absolute atomic E-state index is 0.193. The van der Waals surface area contributed by atoms with Crippen molar-refractivity contribution >= 4 is 34.7 Å². The second kappa shape index (κ2) is 10.1. The van der Waals surface area contributed by atoms with Crippen LogP contribution >= 0.6 is 0 Å². The highest BCUT2D eigenvalue weighted by molar-refractivity contribution is 6.06. The van der Waals surface area contributed by atoms with Crippen LogP contribution in [0.5, 0.6) is 5.75 Å². The first-order chi connectivity index (χ1) is 16.0. The molecular weight excluding hydrogens is 416 g/mol. The second-order valence-electron chi connectivity index (χ2n) is 8.06. The second-order valence-corrected chi connectivity index (χ2v) is 8.06. The summed E-state index contributed by atoms with van der Waals surface area (Å²) in [5.41, 5.74) is 4.45. The fraction of sp³-hybridized carbons (Fsp3) is 0.231. The average Bonchev–Trinajstić information content (AvgIpc) is 3.34. The normalized spacial score (nSPS) is 12.8. The van der Waals surface area contributed by atoms with Crippen molar-refractivity contribution in [2.45, 2.75) is 19.8 Å². The van der Waals surface area contributed by atoms with E-state index in [4.69, 9.17) is 4.74 Å². The number of urea groups is 1. The van der Waals surface area contributed by atoms with Crippen LogP contribution in [0.25, 0.3) is 0 Å². The summed E-state index contributed by atoms with van der Waals surface area (Å²) in [7, 11) is 1.60. The zero-order valence-corrected chi connectivity index (χ0v) is 18.9. The first kappa shape index (κ1) is 22.2. The minimum atomic E-state index is -0.359. The molecule has 0 radical (unpaired) electrons. The van der Waals surface area contributed by atoms with Gasteiger partial charge in [-0.15, -0.1) is 0 Å². The van der Waals surface area contributed by atoms with Gasteiger partial charge < -0.3 is 25.6 Å². The van der Waals surface area contributed by atoms with Crippen LogP contribution in [-0.2, 0) is 0 Å². The Kier molecular flexibility index (Phi) is 6.78. The molecule has 33 heavy (non-hydrogen) atoms. The Labute approximate surface area is 193 Å². The van der Waals surface area contributed by atoms with E-state index in [9.17, 15) is 9.59 Å². The molecule has 0 atom stereocenters. The molecule has 170 valence electrons. The average molecular weight is 445 g/mol. The van der Waals surface area contributed by atoms with Gasteiger partial charge in [-0.25, -0.2) is 4.79 Å². The Bertz CT molecular complexity index is 1140. The maximum Gasteiger partial charge on any atom is 0.323 e.